The number of rotatable bonds is 15. The molecule has 1 heterocycles. The monoisotopic (exact) mass is 581 g/mol. The van der Waals surface area contributed by atoms with Crippen molar-refractivity contribution in [3.8, 4) is 0 Å². The first-order valence-electron chi connectivity index (χ1n) is 12.4. The second-order valence-corrected chi connectivity index (χ2v) is 13.4. The summed E-state index contributed by atoms with van der Waals surface area (Å²) in [6, 6.07) is 0. The van der Waals surface area contributed by atoms with Gasteiger partial charge in [-0.25, -0.2) is 13.9 Å². The first-order chi connectivity index (χ1) is 17.6. The van der Waals surface area contributed by atoms with Gasteiger partial charge in [0.05, 0.1) is 18.6 Å². The van der Waals surface area contributed by atoms with Crippen LogP contribution >= 0.6 is 19.6 Å². The van der Waals surface area contributed by atoms with Crippen LogP contribution in [-0.2, 0) is 46.8 Å². The number of alkyl carbamates (subject to hydrolysis) is 1. The lowest BCUT2D eigenvalue weighted by Crippen LogP contribution is -2.45. The van der Waals surface area contributed by atoms with Crippen LogP contribution in [0.4, 0.5) is 4.79 Å². The lowest BCUT2D eigenvalue weighted by Gasteiger charge is -2.39. The second kappa shape index (κ2) is 15.7. The summed E-state index contributed by atoms with van der Waals surface area (Å²) < 4.78 is 38.3. The topological polar surface area (TPSA) is 161 Å². The predicted octanol–water partition coefficient (Wildman–Crippen LogP) is 4.19. The molecule has 0 radical (unpaired) electrons. The maximum absolute atomic E-state index is 12.9. The third-order valence-corrected chi connectivity index (χ3v) is 7.47. The maximum Gasteiger partial charge on any atom is 0.478 e. The minimum Gasteiger partial charge on any atom is -0.463 e. The molecule has 1 saturated heterocycles. The summed E-state index contributed by atoms with van der Waals surface area (Å²) in [7, 11) is -4.19. The van der Waals surface area contributed by atoms with Crippen molar-refractivity contribution in [2.45, 2.75) is 79.8 Å². The van der Waals surface area contributed by atoms with Gasteiger partial charge in [-0.2, -0.15) is 0 Å². The van der Waals surface area contributed by atoms with E-state index in [1.807, 2.05) is 0 Å². The number of Topliss-reactive ketones (excluding diaryl/α,β-unsaturated/α-hetero) is 2. The molecule has 218 valence electrons. The molecule has 0 bridgehead atoms. The summed E-state index contributed by atoms with van der Waals surface area (Å²) >= 11 is 1.17. The molecule has 1 amide bonds. The fourth-order valence-electron chi connectivity index (χ4n) is 3.10. The summed E-state index contributed by atoms with van der Waals surface area (Å²) in [6.45, 7) is 9.09. The Morgan fingerprint density at radius 2 is 1.71 bits per heavy atom. The Morgan fingerprint density at radius 3 is 2.34 bits per heavy atom. The van der Waals surface area contributed by atoms with E-state index in [0.717, 1.165) is 0 Å². The average Bonchev–Trinajstić information content (AvgIpc) is 2.80. The average molecular weight is 582 g/mol. The molecule has 0 unspecified atom stereocenters. The first kappa shape index (κ1) is 34.2. The van der Waals surface area contributed by atoms with Gasteiger partial charge < -0.3 is 14.8 Å². The van der Waals surface area contributed by atoms with Gasteiger partial charge in [-0.3, -0.25) is 28.2 Å². The highest BCUT2D eigenvalue weighted by atomic mass is 32.2. The van der Waals surface area contributed by atoms with E-state index < -0.39 is 43.6 Å². The smallest absolute Gasteiger partial charge is 0.463 e. The number of phosphoric acid groups is 1. The fourth-order valence-corrected chi connectivity index (χ4v) is 5.20. The molecule has 0 aliphatic carbocycles. The van der Waals surface area contributed by atoms with Crippen LogP contribution in [0.5, 0.6) is 0 Å². The number of hydrogen-bond acceptors (Lipinski definition) is 12. The van der Waals surface area contributed by atoms with Crippen molar-refractivity contribution in [3.05, 3.63) is 0 Å². The number of thioether (sulfide) groups is 1. The highest BCUT2D eigenvalue weighted by Crippen LogP contribution is 2.57. The van der Waals surface area contributed by atoms with Crippen LogP contribution in [-0.4, -0.2) is 67.2 Å². The zero-order chi connectivity index (χ0) is 29.0. The molecule has 1 aliphatic heterocycles. The van der Waals surface area contributed by atoms with E-state index in [9.17, 15) is 28.5 Å². The molecule has 0 aromatic carbocycles. The van der Waals surface area contributed by atoms with Crippen LogP contribution in [0, 0.1) is 10.8 Å². The van der Waals surface area contributed by atoms with Crippen LogP contribution < -0.4 is 5.32 Å². The third-order valence-electron chi connectivity index (χ3n) is 5.23. The van der Waals surface area contributed by atoms with E-state index in [4.69, 9.17) is 23.0 Å². The van der Waals surface area contributed by atoms with Crippen molar-refractivity contribution in [2.24, 2.45) is 10.8 Å². The minimum atomic E-state index is -4.19. The Morgan fingerprint density at radius 1 is 1.05 bits per heavy atom. The first-order valence-corrected chi connectivity index (χ1v) is 14.8. The molecule has 14 heteroatoms. The van der Waals surface area contributed by atoms with Crippen LogP contribution in [0.25, 0.3) is 0 Å². The Hall–Kier alpha value is -1.79. The van der Waals surface area contributed by atoms with E-state index in [1.165, 1.54) is 18.7 Å². The number of carbonyl (C=O) groups excluding carboxylic acids is 5. The van der Waals surface area contributed by atoms with Crippen LogP contribution in [0.2, 0.25) is 0 Å². The lowest BCUT2D eigenvalue weighted by atomic mass is 9.84. The molecular weight excluding hydrogens is 541 g/mol. The quantitative estimate of drug-likeness (QED) is 0.127. The molecule has 12 nitrogen and oxygen atoms in total. The van der Waals surface area contributed by atoms with Gasteiger partial charge in [0, 0.05) is 37.4 Å². The van der Waals surface area contributed by atoms with Crippen molar-refractivity contribution < 1.29 is 51.6 Å². The summed E-state index contributed by atoms with van der Waals surface area (Å²) in [5.74, 6) is -0.173. The van der Waals surface area contributed by atoms with Gasteiger partial charge in [0.15, 0.2) is 10.9 Å². The van der Waals surface area contributed by atoms with Crippen molar-refractivity contribution in [1.82, 2.24) is 5.32 Å². The standard InChI is InChI=1S/C24H40NO11PS/c1-17(26)38-14-8-10-18(27)9-7-11-19(28)20-24(5,6)15-34-37(31,36-20)35-16-33-22(30)25-12-13-32-21(29)23(2,3)4/h20H,7-16H2,1-6H3,(H,25,30)/t20-,37+/m0/s1. The van der Waals surface area contributed by atoms with Gasteiger partial charge in [-0.05, 0) is 33.6 Å². The molecule has 1 aliphatic rings. The number of ketones is 2. The Balaban J connectivity index is 2.41. The van der Waals surface area contributed by atoms with Gasteiger partial charge in [0.2, 0.25) is 6.79 Å². The van der Waals surface area contributed by atoms with E-state index in [2.05, 4.69) is 5.32 Å². The zero-order valence-electron chi connectivity index (χ0n) is 23.0. The predicted molar refractivity (Wildman–Crippen MR) is 139 cm³/mol. The van der Waals surface area contributed by atoms with Gasteiger partial charge in [-0.15, -0.1) is 0 Å². The summed E-state index contributed by atoms with van der Waals surface area (Å²) in [5.41, 5.74) is -1.46. The van der Waals surface area contributed by atoms with Gasteiger partial charge in [0.1, 0.15) is 18.5 Å². The number of nitrogens with one attached hydrogen (secondary N) is 1. The number of phosphoric ester groups is 1. The van der Waals surface area contributed by atoms with Crippen LogP contribution in [0.1, 0.15) is 73.6 Å². The number of esters is 1. The summed E-state index contributed by atoms with van der Waals surface area (Å²) in [6.07, 6.45) is -0.500. The van der Waals surface area contributed by atoms with Crippen LogP contribution in [0.15, 0.2) is 0 Å². The second-order valence-electron chi connectivity index (χ2n) is 10.5. The van der Waals surface area contributed by atoms with Crippen molar-refractivity contribution in [3.63, 3.8) is 0 Å². The van der Waals surface area contributed by atoms with E-state index in [0.29, 0.717) is 25.0 Å². The molecular formula is C24H40NO11PS. The van der Waals surface area contributed by atoms with Crippen molar-refractivity contribution in [2.75, 3.05) is 32.3 Å². The molecule has 1 rings (SSSR count). The molecule has 1 fully saturated rings. The maximum atomic E-state index is 12.9. The molecule has 2 atom stereocenters. The van der Waals surface area contributed by atoms with E-state index >= 15 is 0 Å². The SMILES string of the molecule is CC(=O)SCCCC(=O)CCCC(=O)[C@@H]1O[P@@](=O)(OCOC(=O)NCCOC(=O)C(C)(C)C)OCC1(C)C. The molecule has 38 heavy (non-hydrogen) atoms. The Labute approximate surface area is 228 Å². The van der Waals surface area contributed by atoms with E-state index in [1.54, 1.807) is 34.6 Å². The highest BCUT2D eigenvalue weighted by Gasteiger charge is 2.48. The van der Waals surface area contributed by atoms with Gasteiger partial charge >= 0.3 is 19.9 Å². The van der Waals surface area contributed by atoms with Crippen molar-refractivity contribution in [1.29, 1.82) is 0 Å². The highest BCUT2D eigenvalue weighted by molar-refractivity contribution is 8.13. The largest absolute Gasteiger partial charge is 0.478 e. The van der Waals surface area contributed by atoms with Crippen molar-refractivity contribution >= 4 is 48.3 Å². The zero-order valence-corrected chi connectivity index (χ0v) is 24.7. The minimum absolute atomic E-state index is 0.00401. The summed E-state index contributed by atoms with van der Waals surface area (Å²) in [5, 5.41) is 2.35. The number of carbonyl (C=O) groups is 5. The number of hydrogen-bond donors (Lipinski definition) is 1. The lowest BCUT2D eigenvalue weighted by molar-refractivity contribution is -0.152. The molecule has 1 N–H and O–H groups in total. The normalized spacial score (nSPS) is 20.8. The molecule has 0 spiro atoms. The fraction of sp³-hybridized carbons (Fsp3) is 0.792. The third kappa shape index (κ3) is 13.3. The Bertz CT molecular complexity index is 900. The van der Waals surface area contributed by atoms with Gasteiger partial charge in [0.25, 0.3) is 0 Å². The van der Waals surface area contributed by atoms with Gasteiger partial charge in [-0.1, -0.05) is 25.6 Å². The number of amides is 1. The molecule has 0 aromatic heterocycles. The molecule has 0 saturated carbocycles. The molecule has 0 aromatic rings. The number of ether oxygens (including phenoxy) is 2. The summed E-state index contributed by atoms with van der Waals surface area (Å²) in [4.78, 5) is 59.2. The van der Waals surface area contributed by atoms with Crippen LogP contribution in [0.3, 0.4) is 0 Å². The Kier molecular flexibility index (Phi) is 14.2. The van der Waals surface area contributed by atoms with E-state index in [-0.39, 0.29) is 49.3 Å².